The number of aromatic nitrogens is 2. The van der Waals surface area contributed by atoms with E-state index in [-0.39, 0.29) is 0 Å². The van der Waals surface area contributed by atoms with Gasteiger partial charge in [0, 0.05) is 87.3 Å². The van der Waals surface area contributed by atoms with Crippen molar-refractivity contribution >= 4 is 149 Å². The summed E-state index contributed by atoms with van der Waals surface area (Å²) in [6, 6.07) is 88.9. The Morgan fingerprint density at radius 1 is 0.345 bits per heavy atom. The molecule has 6 heteroatoms. The van der Waals surface area contributed by atoms with Crippen molar-refractivity contribution < 1.29 is 8.83 Å². The largest absolute Gasteiger partial charge is 0.459 e. The standard InChI is InChI=1S/C81H54N4O2/c1-5-6-31-53-50(4)86-80-55(53)33-21-45-67(80)82(61-39-16-13-25-48(61)2)63-41-23-43-65-72(63)57-35-19-37-59-74-71(52-29-11-8-12-30-52)79-75(70(51-27-9-7-10-28-51)78(74)84(65)76(57)59)60-38-20-36-58-73-64(42-24-44-66(73)85(79)77(58)60)83(62-40-17-14-26-49(62)3)68-46-22-34-56-54-32-15-18-47-69(54)87-81(56)68/h5-47H,1H2,2-4H3/b31-6-. The van der Waals surface area contributed by atoms with Crippen molar-refractivity contribution in [2.75, 3.05) is 9.80 Å². The molecule has 18 rings (SSSR count). The molecule has 410 valence electrons. The first-order valence-corrected chi connectivity index (χ1v) is 29.9. The van der Waals surface area contributed by atoms with Crippen LogP contribution in [0.5, 0.6) is 0 Å². The molecule has 0 bridgehead atoms. The number of para-hydroxylation sites is 7. The van der Waals surface area contributed by atoms with Crippen molar-refractivity contribution in [3.63, 3.8) is 0 Å². The predicted octanol–water partition coefficient (Wildman–Crippen LogP) is 23.0. The minimum absolute atomic E-state index is 0.833. The molecular weight excluding hydrogens is 1060 g/mol. The van der Waals surface area contributed by atoms with Crippen molar-refractivity contribution in [1.82, 2.24) is 8.80 Å². The van der Waals surface area contributed by atoms with Crippen molar-refractivity contribution in [3.8, 4) is 22.3 Å². The summed E-state index contributed by atoms with van der Waals surface area (Å²) in [5, 5.41) is 12.8. The van der Waals surface area contributed by atoms with Gasteiger partial charge in [0.15, 0.2) is 11.2 Å². The Bertz CT molecular complexity index is 5900. The summed E-state index contributed by atoms with van der Waals surface area (Å²) in [6.45, 7) is 10.4. The van der Waals surface area contributed by atoms with Crippen LogP contribution in [0.15, 0.2) is 270 Å². The average molecular weight is 1120 g/mol. The topological polar surface area (TPSA) is 41.6 Å². The van der Waals surface area contributed by atoms with Gasteiger partial charge in [-0.25, -0.2) is 0 Å². The molecule has 0 aliphatic rings. The van der Waals surface area contributed by atoms with E-state index in [1.165, 1.54) is 76.3 Å². The van der Waals surface area contributed by atoms with E-state index in [0.717, 1.165) is 112 Å². The van der Waals surface area contributed by atoms with Crippen molar-refractivity contribution in [2.45, 2.75) is 20.8 Å². The SMILES string of the molecule is C=C/C=C\c1c(C)oc2c(N(c3ccccc3C)c3cccc4c3c3cccc5c6c(-c7ccccc7)c7c(c(-c8ccccc8)c6n4c35)c3cccc4c5c(N(c6ccccc6C)c6cccc8c6oc6ccccc68)cccc5n7c43)cccc12. The zero-order chi connectivity index (χ0) is 57.8. The van der Waals surface area contributed by atoms with E-state index in [1.807, 2.05) is 12.2 Å². The number of allylic oxidation sites excluding steroid dienone is 2. The van der Waals surface area contributed by atoms with Gasteiger partial charge in [-0.15, -0.1) is 0 Å². The highest BCUT2D eigenvalue weighted by atomic mass is 16.3. The third-order valence-electron chi connectivity index (χ3n) is 18.5. The van der Waals surface area contributed by atoms with E-state index in [2.05, 4.69) is 295 Å². The van der Waals surface area contributed by atoms with E-state index in [1.54, 1.807) is 0 Å². The maximum Gasteiger partial charge on any atom is 0.159 e. The summed E-state index contributed by atoms with van der Waals surface area (Å²) < 4.78 is 19.0. The monoisotopic (exact) mass is 1110 g/mol. The highest BCUT2D eigenvalue weighted by molar-refractivity contribution is 6.39. The molecule has 6 aromatic heterocycles. The normalized spacial score (nSPS) is 12.3. The minimum atomic E-state index is 0.833. The molecule has 0 saturated carbocycles. The van der Waals surface area contributed by atoms with Crippen LogP contribution in [0.2, 0.25) is 0 Å². The van der Waals surface area contributed by atoms with E-state index in [0.29, 0.717) is 0 Å². The number of rotatable bonds is 10. The molecule has 0 fully saturated rings. The van der Waals surface area contributed by atoms with Crippen LogP contribution in [0, 0.1) is 20.8 Å². The van der Waals surface area contributed by atoms with Gasteiger partial charge in [0.1, 0.15) is 11.3 Å². The molecule has 6 nitrogen and oxygen atoms in total. The Morgan fingerprint density at radius 3 is 1.28 bits per heavy atom. The fraction of sp³-hybridized carbons (Fsp3) is 0.0370. The van der Waals surface area contributed by atoms with Crippen LogP contribution in [-0.2, 0) is 0 Å². The van der Waals surface area contributed by atoms with Crippen LogP contribution in [-0.4, -0.2) is 8.80 Å². The fourth-order valence-corrected chi connectivity index (χ4v) is 15.0. The van der Waals surface area contributed by atoms with Crippen molar-refractivity contribution in [3.05, 3.63) is 284 Å². The first kappa shape index (κ1) is 49.1. The number of benzene rings is 12. The first-order valence-electron chi connectivity index (χ1n) is 29.9. The van der Waals surface area contributed by atoms with E-state index in [4.69, 9.17) is 8.83 Å². The molecule has 87 heavy (non-hydrogen) atoms. The third-order valence-corrected chi connectivity index (χ3v) is 18.5. The Balaban J connectivity index is 0.995. The molecule has 0 aliphatic heterocycles. The van der Waals surface area contributed by atoms with Gasteiger partial charge in [-0.3, -0.25) is 0 Å². The maximum atomic E-state index is 6.90. The number of fused-ring (bicyclic) bond motifs is 16. The lowest BCUT2D eigenvalue weighted by Crippen LogP contribution is -2.12. The molecule has 18 aromatic rings. The molecule has 0 unspecified atom stereocenters. The van der Waals surface area contributed by atoms with Gasteiger partial charge < -0.3 is 27.4 Å². The molecule has 12 aromatic carbocycles. The van der Waals surface area contributed by atoms with Crippen LogP contribution in [0.25, 0.3) is 137 Å². The zero-order valence-electron chi connectivity index (χ0n) is 48.1. The summed E-state index contributed by atoms with van der Waals surface area (Å²) in [5.74, 6) is 0.859. The van der Waals surface area contributed by atoms with E-state index >= 15 is 0 Å². The van der Waals surface area contributed by atoms with Crippen LogP contribution < -0.4 is 9.80 Å². The van der Waals surface area contributed by atoms with Crippen LogP contribution in [0.3, 0.4) is 0 Å². The summed E-state index contributed by atoms with van der Waals surface area (Å²) in [5.41, 5.74) is 23.9. The third kappa shape index (κ3) is 6.75. The predicted molar refractivity (Wildman–Crippen MR) is 366 cm³/mol. The van der Waals surface area contributed by atoms with Gasteiger partial charge in [-0.2, -0.15) is 0 Å². The quantitative estimate of drug-likeness (QED) is 0.128. The molecular formula is C81H54N4O2. The molecule has 0 radical (unpaired) electrons. The first-order chi connectivity index (χ1) is 43.0. The Labute approximate surface area is 500 Å². The van der Waals surface area contributed by atoms with Gasteiger partial charge in [0.2, 0.25) is 0 Å². The fourth-order valence-electron chi connectivity index (χ4n) is 15.0. The molecule has 0 amide bonds. The average Bonchev–Trinajstić information content (AvgIpc) is 1.51. The lowest BCUT2D eigenvalue weighted by Gasteiger charge is -2.28. The van der Waals surface area contributed by atoms with E-state index < -0.39 is 0 Å². The second-order valence-corrected chi connectivity index (χ2v) is 23.2. The van der Waals surface area contributed by atoms with Crippen molar-refractivity contribution in [1.29, 1.82) is 0 Å². The number of furan rings is 2. The Morgan fingerprint density at radius 2 is 0.747 bits per heavy atom. The summed E-state index contributed by atoms with van der Waals surface area (Å²) in [4.78, 5) is 4.88. The maximum absolute atomic E-state index is 6.90. The van der Waals surface area contributed by atoms with Gasteiger partial charge in [0.25, 0.3) is 0 Å². The van der Waals surface area contributed by atoms with E-state index in [9.17, 15) is 0 Å². The second-order valence-electron chi connectivity index (χ2n) is 23.2. The molecule has 0 saturated heterocycles. The van der Waals surface area contributed by atoms with Gasteiger partial charge >= 0.3 is 0 Å². The second kappa shape index (κ2) is 18.6. The van der Waals surface area contributed by atoms with Crippen LogP contribution >= 0.6 is 0 Å². The molecule has 0 N–H and O–H groups in total. The Hall–Kier alpha value is -11.3. The summed E-state index contributed by atoms with van der Waals surface area (Å²) in [7, 11) is 0. The zero-order valence-corrected chi connectivity index (χ0v) is 48.1. The number of anilines is 6. The number of nitrogens with zero attached hydrogens (tertiary/aromatic N) is 4. The minimum Gasteiger partial charge on any atom is -0.459 e. The smallest absolute Gasteiger partial charge is 0.159 e. The highest BCUT2D eigenvalue weighted by Gasteiger charge is 2.34. The highest BCUT2D eigenvalue weighted by Crippen LogP contribution is 2.57. The molecule has 0 aliphatic carbocycles. The van der Waals surface area contributed by atoms with Crippen molar-refractivity contribution in [2.24, 2.45) is 0 Å². The van der Waals surface area contributed by atoms with Crippen LogP contribution in [0.1, 0.15) is 22.5 Å². The lowest BCUT2D eigenvalue weighted by atomic mass is 9.89. The molecule has 0 atom stereocenters. The van der Waals surface area contributed by atoms with Gasteiger partial charge in [-0.1, -0.05) is 213 Å². The lowest BCUT2D eigenvalue weighted by molar-refractivity contribution is 0.578. The molecule has 0 spiro atoms. The Kier molecular flexibility index (Phi) is 10.5. The summed E-state index contributed by atoms with van der Waals surface area (Å²) >= 11 is 0. The van der Waals surface area contributed by atoms with Gasteiger partial charge in [0.05, 0.1) is 55.8 Å². The van der Waals surface area contributed by atoms with Crippen LogP contribution in [0.4, 0.5) is 34.1 Å². The summed E-state index contributed by atoms with van der Waals surface area (Å²) in [6.07, 6.45) is 5.90. The van der Waals surface area contributed by atoms with Gasteiger partial charge in [-0.05, 0) is 97.6 Å². The number of hydrogen-bond donors (Lipinski definition) is 0. The number of aryl methyl sites for hydroxylation is 3. The molecule has 6 heterocycles. The number of hydrogen-bond acceptors (Lipinski definition) is 4.